The SMILES string of the molecule is CC(C)n1c(CCNC(=O)C(C#N)=Cc2ccccc2)n[nH]c1=S. The van der Waals surface area contributed by atoms with Gasteiger partial charge in [0.2, 0.25) is 0 Å². The molecule has 0 unspecified atom stereocenters. The summed E-state index contributed by atoms with van der Waals surface area (Å²) in [6.07, 6.45) is 2.10. The summed E-state index contributed by atoms with van der Waals surface area (Å²) in [7, 11) is 0. The van der Waals surface area contributed by atoms with Gasteiger partial charge in [-0.25, -0.2) is 0 Å². The fourth-order valence-electron chi connectivity index (χ4n) is 2.29. The standard InChI is InChI=1S/C17H19N5OS/c1-12(2)22-15(20-21-17(22)24)8-9-19-16(23)14(11-18)10-13-6-4-3-5-7-13/h3-7,10,12H,8-9H2,1-2H3,(H,19,23)(H,21,24). The molecule has 0 radical (unpaired) electrons. The lowest BCUT2D eigenvalue weighted by molar-refractivity contribution is -0.117. The van der Waals surface area contributed by atoms with Crippen molar-refractivity contribution in [2.24, 2.45) is 0 Å². The van der Waals surface area contributed by atoms with Crippen molar-refractivity contribution < 1.29 is 4.79 Å². The summed E-state index contributed by atoms with van der Waals surface area (Å²) in [4.78, 5) is 12.1. The predicted octanol–water partition coefficient (Wildman–Crippen LogP) is 2.79. The van der Waals surface area contributed by atoms with Gasteiger partial charge >= 0.3 is 0 Å². The molecule has 7 heteroatoms. The highest BCUT2D eigenvalue weighted by atomic mass is 32.1. The Labute approximate surface area is 145 Å². The van der Waals surface area contributed by atoms with E-state index in [-0.39, 0.29) is 11.6 Å². The van der Waals surface area contributed by atoms with E-state index in [2.05, 4.69) is 15.5 Å². The Kier molecular flexibility index (Phi) is 6.04. The van der Waals surface area contributed by atoms with Crippen LogP contribution in [-0.2, 0) is 11.2 Å². The summed E-state index contributed by atoms with van der Waals surface area (Å²) in [6.45, 7) is 4.41. The Bertz CT molecular complexity index is 827. The number of rotatable bonds is 6. The highest BCUT2D eigenvalue weighted by Crippen LogP contribution is 2.09. The number of amides is 1. The minimum atomic E-state index is -0.397. The number of carbonyl (C=O) groups is 1. The van der Waals surface area contributed by atoms with Crippen molar-refractivity contribution in [2.75, 3.05) is 6.54 Å². The predicted molar refractivity (Wildman–Crippen MR) is 94.5 cm³/mol. The zero-order valence-electron chi connectivity index (χ0n) is 13.6. The lowest BCUT2D eigenvalue weighted by atomic mass is 10.1. The molecule has 24 heavy (non-hydrogen) atoms. The fourth-order valence-corrected chi connectivity index (χ4v) is 2.66. The third-order valence-corrected chi connectivity index (χ3v) is 3.69. The van der Waals surface area contributed by atoms with Crippen LogP contribution in [0.15, 0.2) is 35.9 Å². The van der Waals surface area contributed by atoms with Crippen LogP contribution in [0.3, 0.4) is 0 Å². The van der Waals surface area contributed by atoms with Gasteiger partial charge in [-0.3, -0.25) is 9.89 Å². The van der Waals surface area contributed by atoms with Gasteiger partial charge in [0.15, 0.2) is 4.77 Å². The maximum absolute atomic E-state index is 12.1. The van der Waals surface area contributed by atoms with E-state index in [1.165, 1.54) is 0 Å². The molecular weight excluding hydrogens is 322 g/mol. The second-order valence-corrected chi connectivity index (χ2v) is 5.88. The highest BCUT2D eigenvalue weighted by Gasteiger charge is 2.11. The topological polar surface area (TPSA) is 86.5 Å². The summed E-state index contributed by atoms with van der Waals surface area (Å²) in [6, 6.07) is 11.4. The third-order valence-electron chi connectivity index (χ3n) is 3.40. The van der Waals surface area contributed by atoms with Crippen LogP contribution in [-0.4, -0.2) is 27.2 Å². The zero-order chi connectivity index (χ0) is 17.5. The van der Waals surface area contributed by atoms with Gasteiger partial charge in [0, 0.05) is 19.0 Å². The van der Waals surface area contributed by atoms with Gasteiger partial charge in [0.05, 0.1) is 0 Å². The largest absolute Gasteiger partial charge is 0.351 e. The zero-order valence-corrected chi connectivity index (χ0v) is 14.4. The fraction of sp³-hybridized carbons (Fsp3) is 0.294. The maximum atomic E-state index is 12.1. The van der Waals surface area contributed by atoms with Crippen LogP contribution < -0.4 is 5.32 Å². The molecule has 124 valence electrons. The van der Waals surface area contributed by atoms with Crippen LogP contribution in [0.1, 0.15) is 31.3 Å². The van der Waals surface area contributed by atoms with Crippen LogP contribution >= 0.6 is 12.2 Å². The summed E-state index contributed by atoms with van der Waals surface area (Å²) < 4.78 is 2.47. The van der Waals surface area contributed by atoms with E-state index >= 15 is 0 Å². The molecule has 0 aliphatic carbocycles. The first-order valence-corrected chi connectivity index (χ1v) is 8.04. The van der Waals surface area contributed by atoms with E-state index in [1.807, 2.05) is 54.8 Å². The van der Waals surface area contributed by atoms with E-state index in [0.29, 0.717) is 17.7 Å². The molecule has 0 aliphatic rings. The monoisotopic (exact) mass is 341 g/mol. The number of nitrogens with one attached hydrogen (secondary N) is 2. The molecule has 1 heterocycles. The number of aromatic amines is 1. The Balaban J connectivity index is 1.99. The van der Waals surface area contributed by atoms with Crippen molar-refractivity contribution in [2.45, 2.75) is 26.3 Å². The highest BCUT2D eigenvalue weighted by molar-refractivity contribution is 7.71. The first kappa shape index (κ1) is 17.6. The van der Waals surface area contributed by atoms with Crippen LogP contribution in [0.2, 0.25) is 0 Å². The molecule has 2 rings (SSSR count). The number of H-pyrrole nitrogens is 1. The number of nitriles is 1. The van der Waals surface area contributed by atoms with E-state index in [9.17, 15) is 10.1 Å². The summed E-state index contributed by atoms with van der Waals surface area (Å²) in [5, 5.41) is 18.9. The number of hydrogen-bond acceptors (Lipinski definition) is 4. The summed E-state index contributed by atoms with van der Waals surface area (Å²) in [5.74, 6) is 0.382. The normalized spacial score (nSPS) is 11.3. The maximum Gasteiger partial charge on any atom is 0.261 e. The lowest BCUT2D eigenvalue weighted by Crippen LogP contribution is -2.27. The van der Waals surface area contributed by atoms with Gasteiger partial charge in [0.25, 0.3) is 5.91 Å². The molecule has 0 saturated heterocycles. The van der Waals surface area contributed by atoms with Crippen molar-refractivity contribution in [3.05, 3.63) is 52.1 Å². The molecule has 6 nitrogen and oxygen atoms in total. The molecule has 0 aliphatic heterocycles. The Hall–Kier alpha value is -2.72. The average Bonchev–Trinajstić information content (AvgIpc) is 2.94. The van der Waals surface area contributed by atoms with E-state index in [1.54, 1.807) is 6.08 Å². The van der Waals surface area contributed by atoms with Crippen molar-refractivity contribution in [3.8, 4) is 6.07 Å². The smallest absolute Gasteiger partial charge is 0.261 e. The van der Waals surface area contributed by atoms with Gasteiger partial charge in [-0.05, 0) is 37.7 Å². The second-order valence-electron chi connectivity index (χ2n) is 5.50. The summed E-state index contributed by atoms with van der Waals surface area (Å²) >= 11 is 5.19. The molecule has 1 aromatic heterocycles. The van der Waals surface area contributed by atoms with Gasteiger partial charge in [-0.2, -0.15) is 10.4 Å². The van der Waals surface area contributed by atoms with Crippen LogP contribution in [0.4, 0.5) is 0 Å². The molecule has 2 N–H and O–H groups in total. The average molecular weight is 341 g/mol. The number of carbonyl (C=O) groups excluding carboxylic acids is 1. The van der Waals surface area contributed by atoms with Crippen molar-refractivity contribution in [3.63, 3.8) is 0 Å². The molecule has 0 bridgehead atoms. The molecular formula is C17H19N5OS. The van der Waals surface area contributed by atoms with Crippen LogP contribution in [0, 0.1) is 16.1 Å². The molecule has 1 amide bonds. The quantitative estimate of drug-likeness (QED) is 0.480. The van der Waals surface area contributed by atoms with Crippen molar-refractivity contribution >= 4 is 24.2 Å². The molecule has 0 atom stereocenters. The second kappa shape index (κ2) is 8.22. The lowest BCUT2D eigenvalue weighted by Gasteiger charge is -2.10. The molecule has 0 saturated carbocycles. The van der Waals surface area contributed by atoms with Gasteiger partial charge < -0.3 is 9.88 Å². The molecule has 1 aromatic carbocycles. The van der Waals surface area contributed by atoms with E-state index in [4.69, 9.17) is 12.2 Å². The number of benzene rings is 1. The Morgan fingerprint density at radius 3 is 2.79 bits per heavy atom. The molecule has 0 spiro atoms. The van der Waals surface area contributed by atoms with Crippen molar-refractivity contribution in [1.29, 1.82) is 5.26 Å². The van der Waals surface area contributed by atoms with Gasteiger partial charge in [-0.1, -0.05) is 30.3 Å². The van der Waals surface area contributed by atoms with E-state index < -0.39 is 5.91 Å². The minimum Gasteiger partial charge on any atom is -0.351 e. The summed E-state index contributed by atoms with van der Waals surface area (Å²) in [5.41, 5.74) is 0.883. The number of hydrogen-bond donors (Lipinski definition) is 2. The van der Waals surface area contributed by atoms with E-state index in [0.717, 1.165) is 11.4 Å². The Morgan fingerprint density at radius 2 is 2.17 bits per heavy atom. The Morgan fingerprint density at radius 1 is 1.46 bits per heavy atom. The molecule has 0 fully saturated rings. The first-order chi connectivity index (χ1) is 11.5. The minimum absolute atomic E-state index is 0.0731. The van der Waals surface area contributed by atoms with Gasteiger partial charge in [0.1, 0.15) is 17.5 Å². The van der Waals surface area contributed by atoms with Gasteiger partial charge in [-0.15, -0.1) is 0 Å². The first-order valence-electron chi connectivity index (χ1n) is 7.63. The molecule has 2 aromatic rings. The number of nitrogens with zero attached hydrogens (tertiary/aromatic N) is 3. The van der Waals surface area contributed by atoms with Crippen LogP contribution in [0.25, 0.3) is 6.08 Å². The van der Waals surface area contributed by atoms with Crippen LogP contribution in [0.5, 0.6) is 0 Å². The number of aromatic nitrogens is 3. The third kappa shape index (κ3) is 4.40. The van der Waals surface area contributed by atoms with Crippen molar-refractivity contribution in [1.82, 2.24) is 20.1 Å².